The van der Waals surface area contributed by atoms with Gasteiger partial charge in [-0.25, -0.2) is 4.79 Å². The number of carbonyl (C=O) groups is 1. The van der Waals surface area contributed by atoms with E-state index >= 15 is 0 Å². The number of hydrogen-bond acceptors (Lipinski definition) is 3. The average molecular weight is 349 g/mol. The van der Waals surface area contributed by atoms with Gasteiger partial charge in [0.05, 0.1) is 0 Å². The summed E-state index contributed by atoms with van der Waals surface area (Å²) in [7, 11) is 0.306. The molecule has 0 radical (unpaired) electrons. The molecule has 0 saturated carbocycles. The molecule has 0 bridgehead atoms. The minimum Gasteiger partial charge on any atom is -0.479 e. The van der Waals surface area contributed by atoms with Crippen molar-refractivity contribution in [1.82, 2.24) is 0 Å². The van der Waals surface area contributed by atoms with Gasteiger partial charge in [0.1, 0.15) is 10.5 Å². The normalized spacial score (nSPS) is 11.8. The maximum absolute atomic E-state index is 10.4. The zero-order valence-electron chi connectivity index (χ0n) is 15.4. The molecule has 4 nitrogen and oxygen atoms in total. The first-order valence-corrected chi connectivity index (χ1v) is 10.4. The van der Waals surface area contributed by atoms with Crippen LogP contribution in [0.5, 0.6) is 0 Å². The van der Waals surface area contributed by atoms with Crippen LogP contribution in [0, 0.1) is 0 Å². The molecule has 0 aliphatic rings. The quantitative estimate of drug-likeness (QED) is 0.294. The second-order valence-corrected chi connectivity index (χ2v) is 6.24. The predicted molar refractivity (Wildman–Crippen MR) is 101 cm³/mol. The second-order valence-electron chi connectivity index (χ2n) is 6.24. The van der Waals surface area contributed by atoms with E-state index in [0.29, 0.717) is 16.9 Å². The molecule has 0 aliphatic heterocycles. The van der Waals surface area contributed by atoms with Crippen LogP contribution in [-0.2, 0) is 4.79 Å². The van der Waals surface area contributed by atoms with Crippen LogP contribution >= 0.6 is 0 Å². The Kier molecular flexibility index (Phi) is 23.3. The molecule has 0 amide bonds. The van der Waals surface area contributed by atoms with Gasteiger partial charge in [-0.05, 0) is 6.42 Å². The molecule has 140 valence electrons. The van der Waals surface area contributed by atoms with Gasteiger partial charge in [-0.1, -0.05) is 96.8 Å². The molecular formula is C18H40O4Si. The summed E-state index contributed by atoms with van der Waals surface area (Å²) in [4.78, 5) is 17.6. The van der Waals surface area contributed by atoms with Crippen molar-refractivity contribution in [3.05, 3.63) is 0 Å². The molecular weight excluding hydrogens is 308 g/mol. The molecule has 0 aromatic carbocycles. The summed E-state index contributed by atoms with van der Waals surface area (Å²) in [6.45, 7) is 2.26. The smallest absolute Gasteiger partial charge is 0.332 e. The summed E-state index contributed by atoms with van der Waals surface area (Å²) in [5.74, 6) is -1.09. The van der Waals surface area contributed by atoms with E-state index in [4.69, 9.17) is 15.0 Å². The lowest BCUT2D eigenvalue weighted by atomic mass is 10.0. The van der Waals surface area contributed by atoms with Gasteiger partial charge in [0.25, 0.3) is 0 Å². The maximum atomic E-state index is 10.4. The first-order chi connectivity index (χ1) is 11.2. The third-order valence-electron chi connectivity index (χ3n) is 4.12. The Bertz CT molecular complexity index is 237. The summed E-state index contributed by atoms with van der Waals surface area (Å²) < 4.78 is 0. The standard InChI is InChI=1S/C18H36O3.H4OSi/c1-2-3-4-5-6-7-8-9-10-11-12-13-14-15-16-17(19)18(20)21;1-2/h17,19H,2-16H2,1H3,(H,20,21);1H,2H3. The summed E-state index contributed by atoms with van der Waals surface area (Å²) in [6.07, 6.45) is 17.3. The van der Waals surface area contributed by atoms with Crippen molar-refractivity contribution in [2.75, 3.05) is 0 Å². The summed E-state index contributed by atoms with van der Waals surface area (Å²) in [5, 5.41) is 17.7. The molecule has 0 aromatic rings. The first kappa shape index (κ1) is 24.9. The fraction of sp³-hybridized carbons (Fsp3) is 0.944. The molecule has 0 saturated heterocycles. The number of aliphatic hydroxyl groups excluding tert-OH is 1. The van der Waals surface area contributed by atoms with Gasteiger partial charge in [-0.15, -0.1) is 0 Å². The monoisotopic (exact) mass is 348 g/mol. The van der Waals surface area contributed by atoms with Crippen LogP contribution < -0.4 is 0 Å². The molecule has 0 aromatic heterocycles. The van der Waals surface area contributed by atoms with Gasteiger partial charge >= 0.3 is 5.97 Å². The Balaban J connectivity index is 0. The van der Waals surface area contributed by atoms with Crippen molar-refractivity contribution in [2.24, 2.45) is 0 Å². The largest absolute Gasteiger partial charge is 0.479 e. The van der Waals surface area contributed by atoms with Crippen molar-refractivity contribution >= 4 is 16.5 Å². The van der Waals surface area contributed by atoms with Crippen molar-refractivity contribution < 1.29 is 19.8 Å². The Labute approximate surface area is 146 Å². The Morgan fingerprint density at radius 1 is 0.739 bits per heavy atom. The van der Waals surface area contributed by atoms with E-state index in [9.17, 15) is 4.79 Å². The van der Waals surface area contributed by atoms with Crippen molar-refractivity contribution in [3.63, 3.8) is 0 Å². The maximum Gasteiger partial charge on any atom is 0.332 e. The van der Waals surface area contributed by atoms with Crippen LogP contribution in [0.15, 0.2) is 0 Å². The van der Waals surface area contributed by atoms with E-state index in [-0.39, 0.29) is 0 Å². The van der Waals surface area contributed by atoms with Gasteiger partial charge in [0.2, 0.25) is 0 Å². The van der Waals surface area contributed by atoms with E-state index in [0.717, 1.165) is 12.8 Å². The highest BCUT2D eigenvalue weighted by Gasteiger charge is 2.11. The topological polar surface area (TPSA) is 77.8 Å². The molecule has 3 N–H and O–H groups in total. The molecule has 1 unspecified atom stereocenters. The van der Waals surface area contributed by atoms with Crippen LogP contribution in [0.1, 0.15) is 103 Å². The number of hydrogen-bond donors (Lipinski definition) is 3. The molecule has 0 aliphatic carbocycles. The van der Waals surface area contributed by atoms with Gasteiger partial charge < -0.3 is 15.0 Å². The third-order valence-corrected chi connectivity index (χ3v) is 4.12. The molecule has 5 heteroatoms. The summed E-state index contributed by atoms with van der Waals surface area (Å²) >= 11 is 0. The number of unbranched alkanes of at least 4 members (excludes halogenated alkanes) is 13. The van der Waals surface area contributed by atoms with Crippen LogP contribution in [0.3, 0.4) is 0 Å². The van der Waals surface area contributed by atoms with Gasteiger partial charge in [-0.3, -0.25) is 0 Å². The highest BCUT2D eigenvalue weighted by atomic mass is 28.2. The van der Waals surface area contributed by atoms with E-state index in [2.05, 4.69) is 6.92 Å². The number of rotatable bonds is 16. The predicted octanol–water partition coefficient (Wildman–Crippen LogP) is 3.56. The lowest BCUT2D eigenvalue weighted by molar-refractivity contribution is -0.146. The van der Waals surface area contributed by atoms with Crippen LogP contribution in [0.25, 0.3) is 0 Å². The van der Waals surface area contributed by atoms with Crippen molar-refractivity contribution in [2.45, 2.75) is 109 Å². The molecule has 23 heavy (non-hydrogen) atoms. The SMILES string of the molecule is CCCCCCCCCCCCCCCCC(O)C(=O)O.O[SiH3]. The Hall–Kier alpha value is -0.393. The summed E-state index contributed by atoms with van der Waals surface area (Å²) in [5.41, 5.74) is 0. The Morgan fingerprint density at radius 2 is 1.04 bits per heavy atom. The van der Waals surface area contributed by atoms with Crippen LogP contribution in [-0.4, -0.2) is 37.6 Å². The van der Waals surface area contributed by atoms with Crippen molar-refractivity contribution in [1.29, 1.82) is 0 Å². The van der Waals surface area contributed by atoms with Gasteiger partial charge in [-0.2, -0.15) is 0 Å². The number of carboxylic acid groups (broad SMARTS) is 1. The van der Waals surface area contributed by atoms with E-state index in [1.807, 2.05) is 0 Å². The minimum atomic E-state index is -1.16. The average Bonchev–Trinajstić information content (AvgIpc) is 2.56. The third kappa shape index (κ3) is 21.6. The minimum absolute atomic E-state index is 0.306. The van der Waals surface area contributed by atoms with Gasteiger partial charge in [0.15, 0.2) is 6.10 Å². The molecule has 0 fully saturated rings. The number of aliphatic carboxylic acids is 1. The second kappa shape index (κ2) is 21.6. The zero-order chi connectivity index (χ0) is 17.8. The van der Waals surface area contributed by atoms with E-state index in [1.165, 1.54) is 77.0 Å². The van der Waals surface area contributed by atoms with E-state index < -0.39 is 12.1 Å². The highest BCUT2D eigenvalue weighted by Crippen LogP contribution is 2.13. The van der Waals surface area contributed by atoms with E-state index in [1.54, 1.807) is 0 Å². The molecule has 1 atom stereocenters. The molecule has 0 rings (SSSR count). The molecule has 0 spiro atoms. The number of carboxylic acids is 1. The van der Waals surface area contributed by atoms with Crippen LogP contribution in [0.4, 0.5) is 0 Å². The Morgan fingerprint density at radius 3 is 1.35 bits per heavy atom. The molecule has 0 heterocycles. The number of aliphatic hydroxyl groups is 1. The van der Waals surface area contributed by atoms with Crippen molar-refractivity contribution in [3.8, 4) is 0 Å². The first-order valence-electron chi connectivity index (χ1n) is 9.54. The highest BCUT2D eigenvalue weighted by molar-refractivity contribution is 5.95. The fourth-order valence-electron chi connectivity index (χ4n) is 2.66. The lowest BCUT2D eigenvalue weighted by Crippen LogP contribution is -2.18. The lowest BCUT2D eigenvalue weighted by Gasteiger charge is -2.05. The van der Waals surface area contributed by atoms with Crippen LogP contribution in [0.2, 0.25) is 0 Å². The van der Waals surface area contributed by atoms with Gasteiger partial charge in [0, 0.05) is 0 Å². The summed E-state index contributed by atoms with van der Waals surface area (Å²) in [6, 6.07) is 0. The fourth-order valence-corrected chi connectivity index (χ4v) is 2.66. The zero-order valence-corrected chi connectivity index (χ0v) is 17.4.